The highest BCUT2D eigenvalue weighted by Gasteiger charge is 2.02. The molecule has 6 N–H and O–H groups in total. The minimum absolute atomic E-state index is 0.121. The molecule has 0 rings (SSSR count). The van der Waals surface area contributed by atoms with Gasteiger partial charge in [-0.3, -0.25) is 8.37 Å². The largest absolute Gasteiger partial charge is 0.396 e. The van der Waals surface area contributed by atoms with E-state index < -0.39 is 20.2 Å². The van der Waals surface area contributed by atoms with Crippen LogP contribution in [0.4, 0.5) is 0 Å². The van der Waals surface area contributed by atoms with Crippen LogP contribution in [-0.2, 0) is 66.5 Å². The molecule has 0 spiro atoms. The molecule has 0 amide bonds. The van der Waals surface area contributed by atoms with Gasteiger partial charge in [-0.1, -0.05) is 10.2 Å². The monoisotopic (exact) mass is 973 g/mol. The van der Waals surface area contributed by atoms with Crippen LogP contribution in [0.2, 0.25) is 0 Å². The van der Waals surface area contributed by atoms with Crippen molar-refractivity contribution in [2.24, 2.45) is 21.7 Å². The SMILES string of the molecule is CS(=O)(=O)OCCCOCCCOCCCOS(C)(=O)=O.NCCCOCCCOCCCN.OCCCOCCCOCCCO.[N-]=[N+]=NCCCOCCCOCCCN=[N+]=[N-]. The lowest BCUT2D eigenvalue weighted by atomic mass is 10.4. The maximum atomic E-state index is 10.6. The summed E-state index contributed by atoms with van der Waals surface area (Å²) in [4.78, 5) is 5.29. The van der Waals surface area contributed by atoms with Crippen LogP contribution in [0.5, 0.6) is 0 Å². The van der Waals surface area contributed by atoms with Crippen LogP contribution in [0.1, 0.15) is 77.0 Å². The van der Waals surface area contributed by atoms with Crippen molar-refractivity contribution in [2.75, 3.05) is 171 Å². The van der Waals surface area contributed by atoms with Gasteiger partial charge >= 0.3 is 0 Å². The first-order valence-corrected chi connectivity index (χ1v) is 25.5. The molecule has 0 bridgehead atoms. The highest BCUT2D eigenvalue weighted by Crippen LogP contribution is 1.96. The summed E-state index contributed by atoms with van der Waals surface area (Å²) in [6.45, 7) is 13.0. The number of nitrogens with zero attached hydrogens (tertiary/aromatic N) is 6. The fourth-order valence-corrected chi connectivity index (χ4v) is 4.72. The van der Waals surface area contributed by atoms with Gasteiger partial charge in [0, 0.05) is 142 Å². The Morgan fingerprint density at radius 3 is 0.828 bits per heavy atom. The van der Waals surface area contributed by atoms with Crippen molar-refractivity contribution in [3.05, 3.63) is 20.9 Å². The van der Waals surface area contributed by atoms with Gasteiger partial charge in [0.25, 0.3) is 20.2 Å². The molecule has 64 heavy (non-hydrogen) atoms. The van der Waals surface area contributed by atoms with Gasteiger partial charge in [0.15, 0.2) is 0 Å². The maximum Gasteiger partial charge on any atom is 0.264 e. The number of hydrogen-bond acceptors (Lipinski definition) is 20. The lowest BCUT2D eigenvalue weighted by Crippen LogP contribution is -2.09. The fraction of sp³-hybridized carbons (Fsp3) is 1.00. The van der Waals surface area contributed by atoms with Crippen LogP contribution in [0, 0.1) is 0 Å². The second-order valence-electron chi connectivity index (χ2n) is 13.1. The quantitative estimate of drug-likeness (QED) is 0.0224. The number of rotatable bonds is 46. The Morgan fingerprint density at radius 1 is 0.391 bits per heavy atom. The van der Waals surface area contributed by atoms with E-state index in [9.17, 15) is 16.8 Å². The number of aliphatic hydroxyl groups is 2. The summed E-state index contributed by atoms with van der Waals surface area (Å²) in [6.07, 6.45) is 11.2. The third-order valence-corrected chi connectivity index (χ3v) is 8.06. The smallest absolute Gasteiger partial charge is 0.264 e. The molecule has 0 saturated heterocycles. The molecule has 0 heterocycles. The summed E-state index contributed by atoms with van der Waals surface area (Å²) < 4.78 is 93.8. The van der Waals surface area contributed by atoms with Crippen molar-refractivity contribution < 1.29 is 73.3 Å². The molecule has 0 atom stereocenters. The van der Waals surface area contributed by atoms with E-state index in [1.165, 1.54) is 0 Å². The van der Waals surface area contributed by atoms with Crippen LogP contribution in [0.15, 0.2) is 10.2 Å². The Kier molecular flexibility index (Phi) is 65.3. The molecule has 0 aliphatic carbocycles. The van der Waals surface area contributed by atoms with E-state index in [4.69, 9.17) is 70.6 Å². The molecule has 24 nitrogen and oxygen atoms in total. The summed E-state index contributed by atoms with van der Waals surface area (Å²) in [7, 11) is -6.74. The number of aliphatic hydroxyl groups excluding tert-OH is 2. The molecule has 0 radical (unpaired) electrons. The standard InChI is InChI=1S/C11H24O8S2.C9H18N6O2.C9H22N2O2.C9H20O4/c1-20(12,13)18-10-4-8-16-6-3-7-17-9-5-11-19-21(2,14)15;10-14-12-4-1-6-16-8-3-9-17-7-2-5-13-15-11;2*10-4-1-6-12-8-3-9-13-7-2-5-11/h3-11H2,1-2H3;1-9H2;1-11H2;10-11H,1-9H2. The van der Waals surface area contributed by atoms with Gasteiger partial charge in [-0.05, 0) is 101 Å². The average molecular weight is 973 g/mol. The van der Waals surface area contributed by atoms with Gasteiger partial charge in [-0.2, -0.15) is 16.8 Å². The Labute approximate surface area is 383 Å². The van der Waals surface area contributed by atoms with E-state index in [-0.39, 0.29) is 26.4 Å². The summed E-state index contributed by atoms with van der Waals surface area (Å²) in [5.74, 6) is 0. The van der Waals surface area contributed by atoms with Gasteiger partial charge in [-0.15, -0.1) is 0 Å². The Morgan fingerprint density at radius 2 is 0.609 bits per heavy atom. The first-order chi connectivity index (χ1) is 30.9. The van der Waals surface area contributed by atoms with Gasteiger partial charge in [0.1, 0.15) is 0 Å². The zero-order valence-electron chi connectivity index (χ0n) is 38.7. The van der Waals surface area contributed by atoms with Crippen LogP contribution in [-0.4, -0.2) is 198 Å². The summed E-state index contributed by atoms with van der Waals surface area (Å²) in [5.41, 5.74) is 26.7. The zero-order chi connectivity index (χ0) is 48.4. The molecule has 0 aliphatic rings. The molecule has 0 fully saturated rings. The predicted molar refractivity (Wildman–Crippen MR) is 244 cm³/mol. The molecule has 0 aliphatic heterocycles. The highest BCUT2D eigenvalue weighted by molar-refractivity contribution is 7.86. The molecule has 26 heteroatoms. The normalized spacial score (nSPS) is 11.0. The van der Waals surface area contributed by atoms with Crippen molar-refractivity contribution in [3.63, 3.8) is 0 Å². The van der Waals surface area contributed by atoms with Crippen molar-refractivity contribution in [1.29, 1.82) is 0 Å². The second kappa shape index (κ2) is 61.0. The van der Waals surface area contributed by atoms with E-state index in [0.717, 1.165) is 83.9 Å². The molecular formula is C38H84N8O16S2. The van der Waals surface area contributed by atoms with Crippen molar-refractivity contribution >= 4 is 20.2 Å². The summed E-state index contributed by atoms with van der Waals surface area (Å²) in [6, 6.07) is 0. The third-order valence-electron chi connectivity index (χ3n) is 6.87. The lowest BCUT2D eigenvalue weighted by molar-refractivity contribution is 0.0709. The predicted octanol–water partition coefficient (Wildman–Crippen LogP) is 3.23. The Balaban J connectivity index is -0.000000383. The number of ether oxygens (including phenoxy) is 8. The number of azide groups is 2. The van der Waals surface area contributed by atoms with Crippen molar-refractivity contribution in [3.8, 4) is 0 Å². The average Bonchev–Trinajstić information content (AvgIpc) is 3.26. The number of nitrogens with two attached hydrogens (primary N) is 2. The highest BCUT2D eigenvalue weighted by atomic mass is 32.2. The molecule has 0 aromatic rings. The molecular weight excluding hydrogens is 889 g/mol. The zero-order valence-corrected chi connectivity index (χ0v) is 40.4. The summed E-state index contributed by atoms with van der Waals surface area (Å²) >= 11 is 0. The van der Waals surface area contributed by atoms with Gasteiger partial charge < -0.3 is 59.6 Å². The first-order valence-electron chi connectivity index (χ1n) is 21.9. The van der Waals surface area contributed by atoms with E-state index in [2.05, 4.69) is 28.4 Å². The molecule has 0 aromatic heterocycles. The lowest BCUT2D eigenvalue weighted by Gasteiger charge is -2.06. The molecule has 384 valence electrons. The van der Waals surface area contributed by atoms with E-state index >= 15 is 0 Å². The Hall–Kier alpha value is -2.04. The third kappa shape index (κ3) is 83.5. The summed E-state index contributed by atoms with van der Waals surface area (Å²) in [5, 5.41) is 23.7. The maximum absolute atomic E-state index is 10.6. The topological polar surface area (TPSA) is 351 Å². The molecule has 0 saturated carbocycles. The van der Waals surface area contributed by atoms with Gasteiger partial charge in [-0.25, -0.2) is 0 Å². The molecule has 0 unspecified atom stereocenters. The minimum atomic E-state index is -3.37. The molecule has 0 aromatic carbocycles. The minimum Gasteiger partial charge on any atom is -0.396 e. The van der Waals surface area contributed by atoms with Crippen molar-refractivity contribution in [2.45, 2.75) is 77.0 Å². The van der Waals surface area contributed by atoms with Gasteiger partial charge in [0.2, 0.25) is 0 Å². The van der Waals surface area contributed by atoms with E-state index in [1.807, 2.05) is 0 Å². The first kappa shape index (κ1) is 68.5. The van der Waals surface area contributed by atoms with E-state index in [0.29, 0.717) is 138 Å². The number of hydrogen-bond donors (Lipinski definition) is 4. The van der Waals surface area contributed by atoms with Crippen molar-refractivity contribution in [1.82, 2.24) is 0 Å². The van der Waals surface area contributed by atoms with Crippen LogP contribution in [0.25, 0.3) is 20.9 Å². The van der Waals surface area contributed by atoms with E-state index in [1.54, 1.807) is 0 Å². The van der Waals surface area contributed by atoms with Crippen LogP contribution < -0.4 is 11.5 Å². The second-order valence-corrected chi connectivity index (χ2v) is 16.4. The fourth-order valence-electron chi connectivity index (χ4n) is 3.88. The van der Waals surface area contributed by atoms with Crippen LogP contribution >= 0.6 is 0 Å². The van der Waals surface area contributed by atoms with Gasteiger partial charge in [0.05, 0.1) is 25.7 Å². The van der Waals surface area contributed by atoms with Crippen LogP contribution in [0.3, 0.4) is 0 Å². The Bertz CT molecular complexity index is 1110.